The summed E-state index contributed by atoms with van der Waals surface area (Å²) in [5, 5.41) is 16.4. The largest absolute Gasteiger partial charge is 0.361 e. The number of anilines is 1. The van der Waals surface area contributed by atoms with Gasteiger partial charge in [-0.3, -0.25) is 5.10 Å². The van der Waals surface area contributed by atoms with Crippen molar-refractivity contribution in [1.29, 1.82) is 0 Å². The van der Waals surface area contributed by atoms with Gasteiger partial charge in [-0.1, -0.05) is 38.1 Å². The minimum atomic E-state index is -0.249. The van der Waals surface area contributed by atoms with Crippen LogP contribution in [0.2, 0.25) is 0 Å². The molecule has 0 spiro atoms. The minimum absolute atomic E-state index is 0.0708. The number of carbonyl (C=O) groups is 1. The molecule has 26 heavy (non-hydrogen) atoms. The van der Waals surface area contributed by atoms with Crippen molar-refractivity contribution in [2.24, 2.45) is 0 Å². The number of urea groups is 1. The van der Waals surface area contributed by atoms with Gasteiger partial charge in [-0.05, 0) is 17.7 Å². The van der Waals surface area contributed by atoms with Crippen LogP contribution in [0, 0.1) is 0 Å². The Balaban J connectivity index is 1.46. The van der Waals surface area contributed by atoms with E-state index in [1.54, 1.807) is 6.20 Å². The van der Waals surface area contributed by atoms with E-state index in [-0.39, 0.29) is 11.4 Å². The highest BCUT2D eigenvalue weighted by atomic mass is 16.5. The molecule has 7 nitrogen and oxygen atoms in total. The van der Waals surface area contributed by atoms with Gasteiger partial charge in [0.2, 0.25) is 0 Å². The minimum Gasteiger partial charge on any atom is -0.361 e. The van der Waals surface area contributed by atoms with Crippen molar-refractivity contribution in [1.82, 2.24) is 20.7 Å². The number of rotatable bonds is 5. The summed E-state index contributed by atoms with van der Waals surface area (Å²) in [7, 11) is 0. The molecule has 3 rings (SSSR count). The lowest BCUT2D eigenvalue weighted by Crippen LogP contribution is -2.30. The van der Waals surface area contributed by atoms with Crippen LogP contribution in [0.1, 0.15) is 32.2 Å². The second-order valence-electron chi connectivity index (χ2n) is 7.13. The molecule has 2 amide bonds. The highest BCUT2D eigenvalue weighted by Crippen LogP contribution is 2.22. The maximum Gasteiger partial charge on any atom is 0.319 e. The molecule has 0 aliphatic carbocycles. The lowest BCUT2D eigenvalue weighted by Gasteiger charge is -2.12. The van der Waals surface area contributed by atoms with E-state index in [0.29, 0.717) is 13.0 Å². The topological polar surface area (TPSA) is 95.8 Å². The van der Waals surface area contributed by atoms with E-state index >= 15 is 0 Å². The Morgan fingerprint density at radius 3 is 2.58 bits per heavy atom. The first-order valence-corrected chi connectivity index (χ1v) is 8.52. The Morgan fingerprint density at radius 1 is 1.19 bits per heavy atom. The molecule has 1 aromatic carbocycles. The fourth-order valence-corrected chi connectivity index (χ4v) is 2.42. The molecule has 0 aliphatic heterocycles. The molecule has 0 saturated carbocycles. The molecule has 3 aromatic rings. The summed E-state index contributed by atoms with van der Waals surface area (Å²) in [5.74, 6) is 0.842. The van der Waals surface area contributed by atoms with Gasteiger partial charge in [0, 0.05) is 41.9 Å². The van der Waals surface area contributed by atoms with Crippen molar-refractivity contribution < 1.29 is 9.32 Å². The van der Waals surface area contributed by atoms with Crippen LogP contribution in [0.15, 0.2) is 47.2 Å². The van der Waals surface area contributed by atoms with Crippen molar-refractivity contribution in [3.05, 3.63) is 54.2 Å². The van der Waals surface area contributed by atoms with E-state index in [1.165, 1.54) is 0 Å². The molecule has 3 N–H and O–H groups in total. The summed E-state index contributed by atoms with van der Waals surface area (Å²) in [5.41, 5.74) is 3.53. The molecule has 136 valence electrons. The summed E-state index contributed by atoms with van der Waals surface area (Å²) >= 11 is 0. The van der Waals surface area contributed by atoms with E-state index in [1.807, 2.05) is 36.5 Å². The Morgan fingerprint density at radius 2 is 1.96 bits per heavy atom. The molecule has 2 heterocycles. The number of carbonyl (C=O) groups excluding carboxylic acids is 1. The second kappa shape index (κ2) is 7.43. The van der Waals surface area contributed by atoms with Crippen molar-refractivity contribution in [3.63, 3.8) is 0 Å². The van der Waals surface area contributed by atoms with Crippen LogP contribution in [-0.2, 0) is 11.8 Å². The number of nitrogens with one attached hydrogen (secondary N) is 3. The molecule has 2 aromatic heterocycles. The predicted molar refractivity (Wildman–Crippen MR) is 100.0 cm³/mol. The zero-order valence-corrected chi connectivity index (χ0v) is 15.2. The monoisotopic (exact) mass is 353 g/mol. The highest BCUT2D eigenvalue weighted by Gasteiger charge is 2.19. The first-order chi connectivity index (χ1) is 12.4. The number of amides is 2. The van der Waals surface area contributed by atoms with Crippen molar-refractivity contribution in [3.8, 4) is 11.1 Å². The summed E-state index contributed by atoms with van der Waals surface area (Å²) in [6.45, 7) is 6.69. The standard InChI is InChI=1S/C19H23N5O2/c1-19(2,3)17-10-16(24-26-17)8-9-20-18(25)23-15-6-4-13(5-7-15)14-11-21-22-12-14/h4-7,10-12H,8-9H2,1-3H3,(H,21,22)(H2,20,23,25). The third-order valence-corrected chi connectivity index (χ3v) is 3.94. The summed E-state index contributed by atoms with van der Waals surface area (Å²) in [4.78, 5) is 12.0. The first kappa shape index (κ1) is 17.7. The number of aromatic amines is 1. The summed E-state index contributed by atoms with van der Waals surface area (Å²) < 4.78 is 5.34. The Kier molecular flexibility index (Phi) is 5.06. The van der Waals surface area contributed by atoms with Gasteiger partial charge in [0.25, 0.3) is 0 Å². The first-order valence-electron chi connectivity index (χ1n) is 8.52. The predicted octanol–water partition coefficient (Wildman–Crippen LogP) is 3.73. The molecule has 0 atom stereocenters. The smallest absolute Gasteiger partial charge is 0.319 e. The molecule has 0 aliphatic rings. The lowest BCUT2D eigenvalue weighted by molar-refractivity contribution is 0.252. The van der Waals surface area contributed by atoms with E-state index in [2.05, 4.69) is 46.8 Å². The average Bonchev–Trinajstić information content (AvgIpc) is 3.27. The van der Waals surface area contributed by atoms with Gasteiger partial charge in [0.15, 0.2) is 0 Å². The number of aromatic nitrogens is 3. The lowest BCUT2D eigenvalue weighted by atomic mass is 9.93. The molecular weight excluding hydrogens is 330 g/mol. The van der Waals surface area contributed by atoms with Gasteiger partial charge >= 0.3 is 6.03 Å². The van der Waals surface area contributed by atoms with E-state index in [9.17, 15) is 4.79 Å². The number of hydrogen-bond donors (Lipinski definition) is 3. The van der Waals surface area contributed by atoms with Crippen LogP contribution in [-0.4, -0.2) is 27.9 Å². The van der Waals surface area contributed by atoms with E-state index in [0.717, 1.165) is 28.3 Å². The van der Waals surface area contributed by atoms with Gasteiger partial charge < -0.3 is 15.2 Å². The van der Waals surface area contributed by atoms with Gasteiger partial charge in [-0.15, -0.1) is 0 Å². The van der Waals surface area contributed by atoms with Crippen LogP contribution in [0.3, 0.4) is 0 Å². The molecule has 7 heteroatoms. The second-order valence-corrected chi connectivity index (χ2v) is 7.13. The number of hydrogen-bond acceptors (Lipinski definition) is 4. The number of benzene rings is 1. The number of nitrogens with zero attached hydrogens (tertiary/aromatic N) is 2. The molecular formula is C19H23N5O2. The van der Waals surface area contributed by atoms with Crippen LogP contribution in [0.4, 0.5) is 10.5 Å². The zero-order valence-electron chi connectivity index (χ0n) is 15.2. The van der Waals surface area contributed by atoms with Crippen molar-refractivity contribution in [2.75, 3.05) is 11.9 Å². The molecule has 0 bridgehead atoms. The van der Waals surface area contributed by atoms with Gasteiger partial charge in [-0.2, -0.15) is 5.10 Å². The van der Waals surface area contributed by atoms with Crippen LogP contribution < -0.4 is 10.6 Å². The average molecular weight is 353 g/mol. The SMILES string of the molecule is CC(C)(C)c1cc(CCNC(=O)Nc2ccc(-c3cn[nH]c3)cc2)no1. The van der Waals surface area contributed by atoms with Crippen LogP contribution >= 0.6 is 0 Å². The van der Waals surface area contributed by atoms with E-state index < -0.39 is 0 Å². The Hall–Kier alpha value is -3.09. The Bertz CT molecular complexity index is 845. The fourth-order valence-electron chi connectivity index (χ4n) is 2.42. The van der Waals surface area contributed by atoms with Gasteiger partial charge in [0.1, 0.15) is 5.76 Å². The normalized spacial score (nSPS) is 11.3. The van der Waals surface area contributed by atoms with Crippen LogP contribution in [0.5, 0.6) is 0 Å². The fraction of sp³-hybridized carbons (Fsp3) is 0.316. The molecule has 0 unspecified atom stereocenters. The molecule has 0 saturated heterocycles. The maximum absolute atomic E-state index is 12.0. The van der Waals surface area contributed by atoms with Gasteiger partial charge in [-0.25, -0.2) is 4.79 Å². The van der Waals surface area contributed by atoms with Crippen molar-refractivity contribution >= 4 is 11.7 Å². The summed E-state index contributed by atoms with van der Waals surface area (Å²) in [6, 6.07) is 9.27. The van der Waals surface area contributed by atoms with Gasteiger partial charge in [0.05, 0.1) is 11.9 Å². The van der Waals surface area contributed by atoms with Crippen molar-refractivity contribution in [2.45, 2.75) is 32.6 Å². The third kappa shape index (κ3) is 4.50. The third-order valence-electron chi connectivity index (χ3n) is 3.94. The molecule has 0 fully saturated rings. The zero-order chi connectivity index (χ0) is 18.6. The van der Waals surface area contributed by atoms with Crippen LogP contribution in [0.25, 0.3) is 11.1 Å². The highest BCUT2D eigenvalue weighted by molar-refractivity contribution is 5.89. The summed E-state index contributed by atoms with van der Waals surface area (Å²) in [6.07, 6.45) is 4.20. The number of H-pyrrole nitrogens is 1. The maximum atomic E-state index is 12.0. The van der Waals surface area contributed by atoms with E-state index in [4.69, 9.17) is 4.52 Å². The quantitative estimate of drug-likeness (QED) is 0.651. The molecule has 0 radical (unpaired) electrons. The Labute approximate surface area is 152 Å².